The second-order valence-electron chi connectivity index (χ2n) is 5.54. The number of carbonyl (C=O) groups is 3. The lowest BCUT2D eigenvalue weighted by Gasteiger charge is -2.10. The number of aryl methyl sites for hydroxylation is 1. The van der Waals surface area contributed by atoms with Gasteiger partial charge in [0.2, 0.25) is 0 Å². The summed E-state index contributed by atoms with van der Waals surface area (Å²) in [6.07, 6.45) is 0. The van der Waals surface area contributed by atoms with Crippen LogP contribution < -0.4 is 10.1 Å². The fourth-order valence-corrected chi connectivity index (χ4v) is 2.30. The molecule has 6 nitrogen and oxygen atoms in total. The van der Waals surface area contributed by atoms with Gasteiger partial charge in [0, 0.05) is 16.3 Å². The zero-order valence-corrected chi connectivity index (χ0v) is 15.1. The molecule has 7 heteroatoms. The molecule has 0 saturated carbocycles. The first kappa shape index (κ1) is 19.5. The molecule has 2 aromatic carbocycles. The van der Waals surface area contributed by atoms with E-state index in [1.54, 1.807) is 49.4 Å². The summed E-state index contributed by atoms with van der Waals surface area (Å²) in [6.45, 7) is 2.50. The Kier molecular flexibility index (Phi) is 6.74. The number of ketones is 1. The minimum atomic E-state index is -0.677. The van der Waals surface area contributed by atoms with Gasteiger partial charge in [-0.15, -0.1) is 0 Å². The summed E-state index contributed by atoms with van der Waals surface area (Å²) in [7, 11) is 0. The first-order chi connectivity index (χ1) is 12.3. The predicted molar refractivity (Wildman–Crippen MR) is 97.7 cm³/mol. The number of rotatable bonds is 7. The van der Waals surface area contributed by atoms with Gasteiger partial charge in [0.1, 0.15) is 5.75 Å². The van der Waals surface area contributed by atoms with Gasteiger partial charge in [-0.1, -0.05) is 11.6 Å². The minimum Gasteiger partial charge on any atom is -0.482 e. The molecule has 0 radical (unpaired) electrons. The summed E-state index contributed by atoms with van der Waals surface area (Å²) in [4.78, 5) is 34.7. The molecular weight excluding hydrogens is 358 g/mol. The average Bonchev–Trinajstić information content (AvgIpc) is 2.61. The third-order valence-electron chi connectivity index (χ3n) is 3.44. The van der Waals surface area contributed by atoms with E-state index < -0.39 is 18.5 Å². The first-order valence-electron chi connectivity index (χ1n) is 7.80. The molecule has 2 aromatic rings. The van der Waals surface area contributed by atoms with Gasteiger partial charge in [-0.25, -0.2) is 4.79 Å². The Labute approximate surface area is 156 Å². The first-order valence-corrected chi connectivity index (χ1v) is 8.18. The van der Waals surface area contributed by atoms with Gasteiger partial charge >= 0.3 is 5.97 Å². The van der Waals surface area contributed by atoms with Crippen molar-refractivity contribution in [3.05, 3.63) is 58.6 Å². The number of hydrogen-bond donors (Lipinski definition) is 1. The van der Waals surface area contributed by atoms with Crippen LogP contribution in [0.2, 0.25) is 5.02 Å². The van der Waals surface area contributed by atoms with Gasteiger partial charge in [0.25, 0.3) is 5.91 Å². The van der Waals surface area contributed by atoms with E-state index >= 15 is 0 Å². The summed E-state index contributed by atoms with van der Waals surface area (Å²) >= 11 is 5.85. The Hall–Kier alpha value is -2.86. The molecule has 0 fully saturated rings. The predicted octanol–water partition coefficient (Wildman–Crippen LogP) is 3.41. The number of benzene rings is 2. The molecule has 1 N–H and O–H groups in total. The van der Waals surface area contributed by atoms with Crippen molar-refractivity contribution in [3.8, 4) is 5.75 Å². The van der Waals surface area contributed by atoms with E-state index in [1.807, 2.05) is 0 Å². The number of esters is 1. The molecule has 0 bridgehead atoms. The monoisotopic (exact) mass is 375 g/mol. The molecule has 0 aliphatic rings. The van der Waals surface area contributed by atoms with Crippen molar-refractivity contribution in [3.63, 3.8) is 0 Å². The van der Waals surface area contributed by atoms with Crippen LogP contribution in [0.5, 0.6) is 5.75 Å². The lowest BCUT2D eigenvalue weighted by atomic mass is 10.1. The fraction of sp³-hybridized carbons (Fsp3) is 0.211. The standard InChI is InChI=1S/C19H18ClNO5/c1-12-9-15(20)5-8-17(12)21-18(23)10-26-19(24)11-25-16-6-3-14(4-7-16)13(2)22/h3-9H,10-11H2,1-2H3,(H,21,23). The zero-order chi connectivity index (χ0) is 19.1. The largest absolute Gasteiger partial charge is 0.482 e. The molecular formula is C19H18ClNO5. The van der Waals surface area contributed by atoms with Crippen molar-refractivity contribution < 1.29 is 23.9 Å². The number of amides is 1. The van der Waals surface area contributed by atoms with Crippen LogP contribution in [0.3, 0.4) is 0 Å². The lowest BCUT2D eigenvalue weighted by Crippen LogP contribution is -2.24. The molecule has 26 heavy (non-hydrogen) atoms. The summed E-state index contributed by atoms with van der Waals surface area (Å²) in [6, 6.07) is 11.4. The molecule has 0 aromatic heterocycles. The molecule has 0 aliphatic carbocycles. The van der Waals surface area contributed by atoms with Gasteiger partial charge < -0.3 is 14.8 Å². The quantitative estimate of drug-likeness (QED) is 0.592. The highest BCUT2D eigenvalue weighted by molar-refractivity contribution is 6.30. The van der Waals surface area contributed by atoms with Crippen LogP contribution in [0.15, 0.2) is 42.5 Å². The summed E-state index contributed by atoms with van der Waals surface area (Å²) < 4.78 is 10.1. The number of hydrogen-bond acceptors (Lipinski definition) is 5. The van der Waals surface area contributed by atoms with E-state index in [2.05, 4.69) is 5.32 Å². The van der Waals surface area contributed by atoms with Crippen molar-refractivity contribution >= 4 is 34.9 Å². The molecule has 0 heterocycles. The SMILES string of the molecule is CC(=O)c1ccc(OCC(=O)OCC(=O)Nc2ccc(Cl)cc2C)cc1. The molecule has 0 aliphatic heterocycles. The molecule has 1 amide bonds. The third kappa shape index (κ3) is 5.89. The Morgan fingerprint density at radius 3 is 2.35 bits per heavy atom. The normalized spacial score (nSPS) is 10.1. The molecule has 0 unspecified atom stereocenters. The highest BCUT2D eigenvalue weighted by Crippen LogP contribution is 2.19. The lowest BCUT2D eigenvalue weighted by molar-refractivity contribution is -0.149. The third-order valence-corrected chi connectivity index (χ3v) is 3.68. The van der Waals surface area contributed by atoms with Crippen LogP contribution in [-0.4, -0.2) is 30.9 Å². The molecule has 0 atom stereocenters. The van der Waals surface area contributed by atoms with Crippen molar-refractivity contribution in [1.29, 1.82) is 0 Å². The maximum atomic E-state index is 11.8. The van der Waals surface area contributed by atoms with E-state index in [4.69, 9.17) is 21.1 Å². The van der Waals surface area contributed by atoms with Gasteiger partial charge in [0.15, 0.2) is 19.0 Å². The number of ether oxygens (including phenoxy) is 2. The zero-order valence-electron chi connectivity index (χ0n) is 14.4. The topological polar surface area (TPSA) is 81.7 Å². The summed E-state index contributed by atoms with van der Waals surface area (Å²) in [5.74, 6) is -0.774. The maximum absolute atomic E-state index is 11.8. The Bertz CT molecular complexity index is 817. The highest BCUT2D eigenvalue weighted by Gasteiger charge is 2.10. The van der Waals surface area contributed by atoms with Gasteiger partial charge in [-0.05, 0) is 61.9 Å². The van der Waals surface area contributed by atoms with Gasteiger partial charge in [-0.3, -0.25) is 9.59 Å². The van der Waals surface area contributed by atoms with Crippen LogP contribution in [0.1, 0.15) is 22.8 Å². The number of carbonyl (C=O) groups excluding carboxylic acids is 3. The van der Waals surface area contributed by atoms with E-state index in [-0.39, 0.29) is 12.4 Å². The average molecular weight is 376 g/mol. The second kappa shape index (κ2) is 9.01. The van der Waals surface area contributed by atoms with Crippen molar-refractivity contribution in [1.82, 2.24) is 0 Å². The molecule has 136 valence electrons. The Morgan fingerprint density at radius 1 is 1.04 bits per heavy atom. The van der Waals surface area contributed by atoms with Crippen molar-refractivity contribution in [2.45, 2.75) is 13.8 Å². The van der Waals surface area contributed by atoms with E-state index in [9.17, 15) is 14.4 Å². The van der Waals surface area contributed by atoms with Gasteiger partial charge in [-0.2, -0.15) is 0 Å². The maximum Gasteiger partial charge on any atom is 0.344 e. The van der Waals surface area contributed by atoms with Crippen molar-refractivity contribution in [2.75, 3.05) is 18.5 Å². The fourth-order valence-electron chi connectivity index (χ4n) is 2.07. The molecule has 0 spiro atoms. The van der Waals surface area contributed by atoms with Gasteiger partial charge in [0.05, 0.1) is 0 Å². The van der Waals surface area contributed by atoms with Crippen molar-refractivity contribution in [2.24, 2.45) is 0 Å². The summed E-state index contributed by atoms with van der Waals surface area (Å²) in [5, 5.41) is 3.21. The van der Waals surface area contributed by atoms with Crippen LogP contribution in [0.4, 0.5) is 5.69 Å². The van der Waals surface area contributed by atoms with Crippen LogP contribution in [-0.2, 0) is 14.3 Å². The number of nitrogens with one attached hydrogen (secondary N) is 1. The van der Waals surface area contributed by atoms with Crippen LogP contribution in [0.25, 0.3) is 0 Å². The minimum absolute atomic E-state index is 0.0575. The van der Waals surface area contributed by atoms with E-state index in [1.165, 1.54) is 6.92 Å². The highest BCUT2D eigenvalue weighted by atomic mass is 35.5. The van der Waals surface area contributed by atoms with Crippen LogP contribution >= 0.6 is 11.6 Å². The molecule has 0 saturated heterocycles. The second-order valence-corrected chi connectivity index (χ2v) is 5.97. The number of Topliss-reactive ketones (excluding diaryl/α,β-unsaturated/α-hetero) is 1. The molecule has 2 rings (SSSR count). The van der Waals surface area contributed by atoms with E-state index in [0.29, 0.717) is 22.0 Å². The number of halogens is 1. The number of anilines is 1. The Balaban J connectivity index is 1.75. The summed E-state index contributed by atoms with van der Waals surface area (Å²) in [5.41, 5.74) is 1.95. The Morgan fingerprint density at radius 2 is 1.73 bits per heavy atom. The van der Waals surface area contributed by atoms with E-state index in [0.717, 1.165) is 5.56 Å². The smallest absolute Gasteiger partial charge is 0.344 e. The van der Waals surface area contributed by atoms with Crippen LogP contribution in [0, 0.1) is 6.92 Å².